The van der Waals surface area contributed by atoms with Crippen LogP contribution >= 0.6 is 11.6 Å². The SMILES string of the molecule is CCCC(=O)Nc1ccc(-c2nc3cc(C)ccc3o2)cc1Cl. The predicted molar refractivity (Wildman–Crippen MR) is 92.7 cm³/mol. The molecular weight excluding hydrogens is 312 g/mol. The molecule has 0 aliphatic carbocycles. The van der Waals surface area contributed by atoms with Crippen LogP contribution in [0.1, 0.15) is 25.3 Å². The summed E-state index contributed by atoms with van der Waals surface area (Å²) in [5, 5.41) is 3.27. The number of oxazole rings is 1. The van der Waals surface area contributed by atoms with Gasteiger partial charge in [-0.1, -0.05) is 24.6 Å². The van der Waals surface area contributed by atoms with Crippen molar-refractivity contribution in [2.45, 2.75) is 26.7 Å². The van der Waals surface area contributed by atoms with Gasteiger partial charge in [-0.2, -0.15) is 0 Å². The highest BCUT2D eigenvalue weighted by molar-refractivity contribution is 6.34. The molecule has 0 saturated carbocycles. The Morgan fingerprint density at radius 2 is 2.09 bits per heavy atom. The molecule has 1 N–H and O–H groups in total. The van der Waals surface area contributed by atoms with E-state index in [1.54, 1.807) is 12.1 Å². The molecule has 5 heteroatoms. The summed E-state index contributed by atoms with van der Waals surface area (Å²) in [6.07, 6.45) is 1.27. The number of carbonyl (C=O) groups excluding carboxylic acids is 1. The van der Waals surface area contributed by atoms with Crippen molar-refractivity contribution in [2.75, 3.05) is 5.32 Å². The molecule has 3 aromatic rings. The van der Waals surface area contributed by atoms with E-state index in [2.05, 4.69) is 10.3 Å². The van der Waals surface area contributed by atoms with Gasteiger partial charge in [-0.3, -0.25) is 4.79 Å². The Balaban J connectivity index is 1.90. The first-order valence-corrected chi connectivity index (χ1v) is 7.91. The maximum absolute atomic E-state index is 11.7. The van der Waals surface area contributed by atoms with Crippen molar-refractivity contribution < 1.29 is 9.21 Å². The molecule has 2 aromatic carbocycles. The van der Waals surface area contributed by atoms with Gasteiger partial charge >= 0.3 is 0 Å². The van der Waals surface area contributed by atoms with Crippen LogP contribution in [-0.2, 0) is 4.79 Å². The molecule has 1 aromatic heterocycles. The number of aryl methyl sites for hydroxylation is 1. The highest BCUT2D eigenvalue weighted by Gasteiger charge is 2.11. The van der Waals surface area contributed by atoms with Gasteiger partial charge in [0.2, 0.25) is 11.8 Å². The summed E-state index contributed by atoms with van der Waals surface area (Å²) in [7, 11) is 0. The Hall–Kier alpha value is -2.33. The standard InChI is InChI=1S/C18H17ClN2O2/c1-3-4-17(22)20-14-7-6-12(10-13(14)19)18-21-15-9-11(2)5-8-16(15)23-18/h5-10H,3-4H2,1-2H3,(H,20,22). The Morgan fingerprint density at radius 3 is 2.83 bits per heavy atom. The molecule has 118 valence electrons. The fourth-order valence-corrected chi connectivity index (χ4v) is 2.58. The second-order valence-electron chi connectivity index (χ2n) is 5.48. The van der Waals surface area contributed by atoms with Gasteiger partial charge in [0.15, 0.2) is 5.58 Å². The van der Waals surface area contributed by atoms with Crippen LogP contribution in [-0.4, -0.2) is 10.9 Å². The van der Waals surface area contributed by atoms with E-state index in [-0.39, 0.29) is 5.91 Å². The smallest absolute Gasteiger partial charge is 0.227 e. The zero-order chi connectivity index (χ0) is 16.4. The lowest BCUT2D eigenvalue weighted by molar-refractivity contribution is -0.116. The number of fused-ring (bicyclic) bond motifs is 1. The van der Waals surface area contributed by atoms with Gasteiger partial charge in [0, 0.05) is 12.0 Å². The first-order chi connectivity index (χ1) is 11.1. The van der Waals surface area contributed by atoms with Gasteiger partial charge in [0.05, 0.1) is 10.7 Å². The Bertz CT molecular complexity index is 871. The number of nitrogens with one attached hydrogen (secondary N) is 1. The monoisotopic (exact) mass is 328 g/mol. The van der Waals surface area contributed by atoms with Crippen molar-refractivity contribution in [2.24, 2.45) is 0 Å². The largest absolute Gasteiger partial charge is 0.436 e. The Kier molecular flexibility index (Phi) is 4.35. The lowest BCUT2D eigenvalue weighted by Gasteiger charge is -2.07. The molecule has 0 bridgehead atoms. The average Bonchev–Trinajstić information content (AvgIpc) is 2.92. The minimum absolute atomic E-state index is 0.0421. The molecular formula is C18H17ClN2O2. The number of hydrogen-bond acceptors (Lipinski definition) is 3. The van der Waals surface area contributed by atoms with E-state index in [0.29, 0.717) is 23.0 Å². The van der Waals surface area contributed by atoms with Crippen LogP contribution in [0.2, 0.25) is 5.02 Å². The summed E-state index contributed by atoms with van der Waals surface area (Å²) in [5.41, 5.74) is 4.06. The fourth-order valence-electron chi connectivity index (χ4n) is 2.35. The third-order valence-corrected chi connectivity index (χ3v) is 3.82. The van der Waals surface area contributed by atoms with E-state index >= 15 is 0 Å². The quantitative estimate of drug-likeness (QED) is 0.716. The van der Waals surface area contributed by atoms with E-state index in [1.807, 2.05) is 38.1 Å². The van der Waals surface area contributed by atoms with Gasteiger partial charge in [-0.15, -0.1) is 0 Å². The third kappa shape index (κ3) is 3.37. The second-order valence-corrected chi connectivity index (χ2v) is 5.89. The molecule has 3 rings (SSSR count). The van der Waals surface area contributed by atoms with Crippen LogP contribution < -0.4 is 5.32 Å². The van der Waals surface area contributed by atoms with E-state index in [1.165, 1.54) is 0 Å². The van der Waals surface area contributed by atoms with Crippen LogP contribution in [0.25, 0.3) is 22.6 Å². The number of nitrogens with zero attached hydrogens (tertiary/aromatic N) is 1. The zero-order valence-electron chi connectivity index (χ0n) is 13.0. The van der Waals surface area contributed by atoms with Gasteiger partial charge in [-0.25, -0.2) is 4.98 Å². The summed E-state index contributed by atoms with van der Waals surface area (Å²) >= 11 is 6.26. The van der Waals surface area contributed by atoms with Crippen molar-refractivity contribution >= 4 is 34.3 Å². The summed E-state index contributed by atoms with van der Waals surface area (Å²) in [5.74, 6) is 0.471. The molecule has 23 heavy (non-hydrogen) atoms. The van der Waals surface area contributed by atoms with Crippen LogP contribution in [0.4, 0.5) is 5.69 Å². The number of carbonyl (C=O) groups is 1. The van der Waals surface area contributed by atoms with E-state index < -0.39 is 0 Å². The van der Waals surface area contributed by atoms with E-state index in [4.69, 9.17) is 16.0 Å². The third-order valence-electron chi connectivity index (χ3n) is 3.51. The molecule has 1 amide bonds. The lowest BCUT2D eigenvalue weighted by Crippen LogP contribution is -2.10. The Morgan fingerprint density at radius 1 is 1.26 bits per heavy atom. The molecule has 4 nitrogen and oxygen atoms in total. The van der Waals surface area contributed by atoms with Crippen molar-refractivity contribution in [3.05, 3.63) is 47.0 Å². The molecule has 0 spiro atoms. The van der Waals surface area contributed by atoms with Crippen molar-refractivity contribution in [1.29, 1.82) is 0 Å². The summed E-state index contributed by atoms with van der Waals surface area (Å²) in [4.78, 5) is 16.2. The van der Waals surface area contributed by atoms with Gasteiger partial charge < -0.3 is 9.73 Å². The molecule has 0 aliphatic rings. The normalized spacial score (nSPS) is 10.9. The number of halogens is 1. The summed E-state index contributed by atoms with van der Waals surface area (Å²) in [6, 6.07) is 11.2. The molecule has 1 heterocycles. The predicted octanol–water partition coefficient (Wildman–Crippen LogP) is 5.20. The van der Waals surface area contributed by atoms with Crippen LogP contribution in [0.3, 0.4) is 0 Å². The maximum Gasteiger partial charge on any atom is 0.227 e. The number of rotatable bonds is 4. The number of aromatic nitrogens is 1. The molecule has 0 atom stereocenters. The van der Waals surface area contributed by atoms with E-state index in [0.717, 1.165) is 28.6 Å². The zero-order valence-corrected chi connectivity index (χ0v) is 13.8. The van der Waals surface area contributed by atoms with Gasteiger partial charge in [0.1, 0.15) is 5.52 Å². The summed E-state index contributed by atoms with van der Waals surface area (Å²) < 4.78 is 5.77. The number of anilines is 1. The lowest BCUT2D eigenvalue weighted by atomic mass is 10.2. The Labute approximate surface area is 139 Å². The van der Waals surface area contributed by atoms with Gasteiger partial charge in [0.25, 0.3) is 0 Å². The highest BCUT2D eigenvalue weighted by atomic mass is 35.5. The molecule has 0 fully saturated rings. The van der Waals surface area contributed by atoms with Crippen molar-refractivity contribution in [3.63, 3.8) is 0 Å². The molecule has 0 radical (unpaired) electrons. The van der Waals surface area contributed by atoms with Crippen LogP contribution in [0.5, 0.6) is 0 Å². The summed E-state index contributed by atoms with van der Waals surface area (Å²) in [6.45, 7) is 3.97. The maximum atomic E-state index is 11.7. The topological polar surface area (TPSA) is 55.1 Å². The molecule has 0 aliphatic heterocycles. The van der Waals surface area contributed by atoms with Crippen molar-refractivity contribution in [3.8, 4) is 11.5 Å². The minimum atomic E-state index is -0.0421. The second kappa shape index (κ2) is 6.42. The number of benzene rings is 2. The first kappa shape index (κ1) is 15.6. The van der Waals surface area contributed by atoms with Crippen LogP contribution in [0.15, 0.2) is 40.8 Å². The van der Waals surface area contributed by atoms with Crippen LogP contribution in [0, 0.1) is 6.92 Å². The number of hydrogen-bond donors (Lipinski definition) is 1. The van der Waals surface area contributed by atoms with Gasteiger partial charge in [-0.05, 0) is 49.2 Å². The first-order valence-electron chi connectivity index (χ1n) is 7.54. The molecule has 0 saturated heterocycles. The van der Waals surface area contributed by atoms with Crippen molar-refractivity contribution in [1.82, 2.24) is 4.98 Å². The number of amides is 1. The fraction of sp³-hybridized carbons (Fsp3) is 0.222. The molecule has 0 unspecified atom stereocenters. The van der Waals surface area contributed by atoms with E-state index in [9.17, 15) is 4.79 Å². The minimum Gasteiger partial charge on any atom is -0.436 e. The highest BCUT2D eigenvalue weighted by Crippen LogP contribution is 2.30. The average molecular weight is 329 g/mol.